The van der Waals surface area contributed by atoms with E-state index in [1.807, 2.05) is 46.2 Å². The molecule has 1 unspecified atom stereocenters. The summed E-state index contributed by atoms with van der Waals surface area (Å²) in [6, 6.07) is 61.0. The van der Waals surface area contributed by atoms with Gasteiger partial charge in [0.1, 0.15) is 0 Å². The molecule has 0 heterocycles. The molecule has 0 saturated heterocycles. The van der Waals surface area contributed by atoms with Gasteiger partial charge in [-0.3, -0.25) is 0 Å². The number of nitrogens with zero attached hydrogens (tertiary/aromatic N) is 4. The SMILES string of the molecule is N#Cc1ccc(N(c2ccc(C(F)(F)F)cc2)c2ccc3c(c2)C2(c4ccccc4-3)c3cc(N(c4ccc(C#N)cc4)c4ccc(C(F)(F)F)cc4)ccc3-c3cccc4cccc2c34)cc1. The summed E-state index contributed by atoms with van der Waals surface area (Å²) in [5.41, 5.74) is 9.47. The number of nitriles is 2. The zero-order valence-electron chi connectivity index (χ0n) is 35.0. The monoisotopic (exact) mass is 886 g/mol. The average molecular weight is 887 g/mol. The normalized spacial score (nSPS) is 14.4. The summed E-state index contributed by atoms with van der Waals surface area (Å²) in [5.74, 6) is 0. The predicted molar refractivity (Wildman–Crippen MR) is 249 cm³/mol. The Morgan fingerprint density at radius 1 is 0.358 bits per heavy atom. The summed E-state index contributed by atoms with van der Waals surface area (Å²) in [6.07, 6.45) is -9.09. The van der Waals surface area contributed by atoms with Gasteiger partial charge in [-0.15, -0.1) is 0 Å². The van der Waals surface area contributed by atoms with Gasteiger partial charge in [-0.2, -0.15) is 36.9 Å². The van der Waals surface area contributed by atoms with Crippen molar-refractivity contribution in [3.8, 4) is 34.4 Å². The van der Waals surface area contributed by atoms with E-state index in [0.29, 0.717) is 45.3 Å². The van der Waals surface area contributed by atoms with Gasteiger partial charge in [0, 0.05) is 34.1 Å². The van der Waals surface area contributed by atoms with Crippen LogP contribution < -0.4 is 9.80 Å². The van der Waals surface area contributed by atoms with Crippen LogP contribution in [-0.4, -0.2) is 0 Å². The summed E-state index contributed by atoms with van der Waals surface area (Å²) >= 11 is 0. The van der Waals surface area contributed by atoms with E-state index in [4.69, 9.17) is 0 Å². The standard InChI is InChI=1S/C57H32F6N4/c58-56(59,60)38-15-23-42(24-16-38)66(40-19-11-35(33-64)12-20-40)44-27-29-47-46-7-1-2-9-50(46)55(52(47)31-44)51-10-4-6-37-5-3-8-49(54(37)51)48-30-28-45(32-53(48)55)67(41-21-13-36(34-65)14-22-41)43-25-17-39(18-26-43)57(61,62)63/h1-32H. The minimum absolute atomic E-state index is 0.423. The summed E-state index contributed by atoms with van der Waals surface area (Å²) in [7, 11) is 0. The van der Waals surface area contributed by atoms with Crippen molar-refractivity contribution in [2.45, 2.75) is 17.8 Å². The summed E-state index contributed by atoms with van der Waals surface area (Å²) in [4.78, 5) is 3.76. The Hall–Kier alpha value is -8.60. The second-order valence-electron chi connectivity index (χ2n) is 16.5. The van der Waals surface area contributed by atoms with Gasteiger partial charge in [-0.25, -0.2) is 0 Å². The van der Waals surface area contributed by atoms with Gasteiger partial charge >= 0.3 is 12.4 Å². The molecule has 67 heavy (non-hydrogen) atoms. The number of anilines is 6. The molecular weight excluding hydrogens is 855 g/mol. The van der Waals surface area contributed by atoms with E-state index >= 15 is 0 Å². The Balaban J connectivity index is 1.20. The van der Waals surface area contributed by atoms with Crippen LogP contribution >= 0.6 is 0 Å². The highest BCUT2D eigenvalue weighted by Crippen LogP contribution is 2.63. The second kappa shape index (κ2) is 15.3. The summed E-state index contributed by atoms with van der Waals surface area (Å²) in [5, 5.41) is 21.4. The lowest BCUT2D eigenvalue weighted by Gasteiger charge is -2.41. The molecule has 0 aromatic heterocycles. The predicted octanol–water partition coefficient (Wildman–Crippen LogP) is 15.9. The fraction of sp³-hybridized carbons (Fsp3) is 0.0526. The van der Waals surface area contributed by atoms with Crippen LogP contribution in [0.2, 0.25) is 0 Å². The molecule has 0 N–H and O–H groups in total. The molecule has 322 valence electrons. The maximum absolute atomic E-state index is 13.9. The van der Waals surface area contributed by atoms with Gasteiger partial charge in [0.25, 0.3) is 0 Å². The first kappa shape index (κ1) is 41.1. The van der Waals surface area contributed by atoms with Crippen molar-refractivity contribution in [1.29, 1.82) is 10.5 Å². The van der Waals surface area contributed by atoms with Crippen molar-refractivity contribution in [3.63, 3.8) is 0 Å². The molecule has 0 aliphatic heterocycles. The summed E-state index contributed by atoms with van der Waals surface area (Å²) < 4.78 is 83.5. The van der Waals surface area contributed by atoms with Crippen LogP contribution in [0, 0.1) is 22.7 Å². The summed E-state index contributed by atoms with van der Waals surface area (Å²) in [6.45, 7) is 0. The van der Waals surface area contributed by atoms with Gasteiger partial charge in [-0.1, -0.05) is 72.8 Å². The van der Waals surface area contributed by atoms with E-state index in [9.17, 15) is 36.9 Å². The molecule has 0 radical (unpaired) electrons. The molecular formula is C57H32F6N4. The molecule has 9 aromatic carbocycles. The van der Waals surface area contributed by atoms with Gasteiger partial charge in [0.05, 0.1) is 39.8 Å². The maximum Gasteiger partial charge on any atom is 0.416 e. The Morgan fingerprint density at radius 2 is 0.731 bits per heavy atom. The molecule has 0 amide bonds. The van der Waals surface area contributed by atoms with Crippen molar-refractivity contribution >= 4 is 44.9 Å². The topological polar surface area (TPSA) is 54.1 Å². The number of hydrogen-bond acceptors (Lipinski definition) is 4. The van der Waals surface area contributed by atoms with E-state index in [1.54, 1.807) is 48.5 Å². The average Bonchev–Trinajstić information content (AvgIpc) is 3.63. The van der Waals surface area contributed by atoms with Gasteiger partial charge in [0.15, 0.2) is 0 Å². The van der Waals surface area contributed by atoms with Crippen LogP contribution in [0.4, 0.5) is 60.5 Å². The molecule has 9 aromatic rings. The molecule has 0 saturated carbocycles. The minimum Gasteiger partial charge on any atom is -0.310 e. The fourth-order valence-electron chi connectivity index (χ4n) is 10.1. The molecule has 11 rings (SSSR count). The molecule has 0 bridgehead atoms. The van der Waals surface area contributed by atoms with Crippen molar-refractivity contribution < 1.29 is 26.3 Å². The molecule has 2 aliphatic carbocycles. The van der Waals surface area contributed by atoms with Crippen LogP contribution in [0.3, 0.4) is 0 Å². The number of halogens is 6. The van der Waals surface area contributed by atoms with Crippen molar-refractivity contribution in [2.24, 2.45) is 0 Å². The number of hydrogen-bond donors (Lipinski definition) is 0. The smallest absolute Gasteiger partial charge is 0.310 e. The van der Waals surface area contributed by atoms with Crippen LogP contribution in [-0.2, 0) is 17.8 Å². The lowest BCUT2D eigenvalue weighted by Crippen LogP contribution is -2.32. The van der Waals surface area contributed by atoms with E-state index < -0.39 is 28.9 Å². The molecule has 1 atom stereocenters. The van der Waals surface area contributed by atoms with Gasteiger partial charge < -0.3 is 9.80 Å². The van der Waals surface area contributed by atoms with Gasteiger partial charge in [0.2, 0.25) is 0 Å². The Bertz CT molecular complexity index is 3510. The quantitative estimate of drug-likeness (QED) is 0.156. The minimum atomic E-state index is -4.55. The fourth-order valence-corrected chi connectivity index (χ4v) is 10.1. The van der Waals surface area contributed by atoms with Crippen LogP contribution in [0.1, 0.15) is 44.5 Å². The van der Waals surface area contributed by atoms with Crippen LogP contribution in [0.5, 0.6) is 0 Å². The van der Waals surface area contributed by atoms with E-state index in [0.717, 1.165) is 79.5 Å². The first-order valence-corrected chi connectivity index (χ1v) is 21.2. The van der Waals surface area contributed by atoms with Crippen LogP contribution in [0.25, 0.3) is 33.0 Å². The Kier molecular flexibility index (Phi) is 9.36. The third-order valence-corrected chi connectivity index (χ3v) is 13.0. The van der Waals surface area contributed by atoms with E-state index in [1.165, 1.54) is 24.3 Å². The highest BCUT2D eigenvalue weighted by Gasteiger charge is 2.50. The molecule has 4 nitrogen and oxygen atoms in total. The highest BCUT2D eigenvalue weighted by atomic mass is 19.4. The maximum atomic E-state index is 13.9. The lowest BCUT2D eigenvalue weighted by molar-refractivity contribution is -0.138. The molecule has 0 fully saturated rings. The second-order valence-corrected chi connectivity index (χ2v) is 16.5. The first-order chi connectivity index (χ1) is 32.4. The lowest BCUT2D eigenvalue weighted by atomic mass is 9.61. The molecule has 2 aliphatic rings. The first-order valence-electron chi connectivity index (χ1n) is 21.2. The Morgan fingerprint density at radius 3 is 1.19 bits per heavy atom. The molecule has 1 spiro atoms. The van der Waals surface area contributed by atoms with E-state index in [2.05, 4.69) is 72.8 Å². The largest absolute Gasteiger partial charge is 0.416 e. The van der Waals surface area contributed by atoms with Crippen LogP contribution in [0.15, 0.2) is 194 Å². The van der Waals surface area contributed by atoms with Gasteiger partial charge in [-0.05, 0) is 177 Å². The third-order valence-electron chi connectivity index (χ3n) is 13.0. The van der Waals surface area contributed by atoms with Crippen molar-refractivity contribution in [3.05, 3.63) is 239 Å². The molecule has 10 heteroatoms. The van der Waals surface area contributed by atoms with Crippen molar-refractivity contribution in [1.82, 2.24) is 0 Å². The third kappa shape index (κ3) is 6.52. The number of alkyl halides is 6. The number of benzene rings is 9. The van der Waals surface area contributed by atoms with E-state index in [-0.39, 0.29) is 0 Å². The number of fused-ring (bicyclic) bond motifs is 9. The number of rotatable bonds is 6. The Labute approximate surface area is 381 Å². The highest BCUT2D eigenvalue weighted by molar-refractivity contribution is 6.07. The van der Waals surface area contributed by atoms with Crippen molar-refractivity contribution in [2.75, 3.05) is 9.80 Å². The zero-order chi connectivity index (χ0) is 46.2. The zero-order valence-corrected chi connectivity index (χ0v) is 35.0.